The zero-order valence-electron chi connectivity index (χ0n) is 6.66. The molecule has 1 aromatic carbocycles. The van der Waals surface area contributed by atoms with E-state index in [0.29, 0.717) is 5.75 Å². The number of hydrogen-bond acceptors (Lipinski definition) is 3. The molecule has 1 rings (SSSR count). The van der Waals surface area contributed by atoms with Gasteiger partial charge >= 0.3 is 0 Å². The van der Waals surface area contributed by atoms with Gasteiger partial charge in [0, 0.05) is 0 Å². The number of carbonyl (C=O) groups is 1. The third-order valence-electron chi connectivity index (χ3n) is 1.31. The fraction of sp³-hybridized carbons (Fsp3) is 0.125. The molecule has 70 valence electrons. The highest BCUT2D eigenvalue weighted by molar-refractivity contribution is 5.76. The van der Waals surface area contributed by atoms with Crippen LogP contribution in [0.5, 0.6) is 5.75 Å². The lowest BCUT2D eigenvalue weighted by Crippen LogP contribution is -2.25. The molecule has 0 heterocycles. The minimum atomic E-state index is -0.663. The van der Waals surface area contributed by atoms with E-state index in [4.69, 9.17) is 9.94 Å². The smallest absolute Gasteiger partial charge is 0.281 e. The molecule has 0 aliphatic carbocycles. The fourth-order valence-electron chi connectivity index (χ4n) is 0.712. The fourth-order valence-corrected chi connectivity index (χ4v) is 0.712. The Kier molecular flexibility index (Phi) is 3.22. The van der Waals surface area contributed by atoms with Crippen molar-refractivity contribution in [2.75, 3.05) is 6.61 Å². The van der Waals surface area contributed by atoms with Crippen molar-refractivity contribution >= 4 is 5.91 Å². The summed E-state index contributed by atoms with van der Waals surface area (Å²) < 4.78 is 17.3. The third kappa shape index (κ3) is 3.08. The molecular formula is C8H8FNO3. The van der Waals surface area contributed by atoms with E-state index in [1.807, 2.05) is 0 Å². The molecular weight excluding hydrogens is 177 g/mol. The molecule has 13 heavy (non-hydrogen) atoms. The zero-order valence-corrected chi connectivity index (χ0v) is 6.66. The maximum absolute atomic E-state index is 12.4. The normalized spacial score (nSPS) is 9.38. The molecule has 2 N–H and O–H groups in total. The molecule has 0 fully saturated rings. The predicted octanol–water partition coefficient (Wildman–Crippen LogP) is 0.710. The molecule has 1 amide bonds. The third-order valence-corrected chi connectivity index (χ3v) is 1.31. The minimum Gasteiger partial charge on any atom is -0.484 e. The standard InChI is InChI=1S/C8H8FNO3/c9-6-1-3-7(4-2-6)13-5-8(11)10-12/h1-4,12H,5H2,(H,10,11). The molecule has 1 aromatic rings. The summed E-state index contributed by atoms with van der Waals surface area (Å²) in [5, 5.41) is 8.12. The van der Waals surface area contributed by atoms with E-state index in [0.717, 1.165) is 0 Å². The quantitative estimate of drug-likeness (QED) is 0.538. The van der Waals surface area contributed by atoms with Gasteiger partial charge in [-0.3, -0.25) is 10.0 Å². The first kappa shape index (κ1) is 9.47. The number of hydroxylamine groups is 1. The Hall–Kier alpha value is -1.62. The van der Waals surface area contributed by atoms with Crippen molar-refractivity contribution in [3.8, 4) is 5.75 Å². The van der Waals surface area contributed by atoms with Gasteiger partial charge in [0.15, 0.2) is 6.61 Å². The second-order valence-corrected chi connectivity index (χ2v) is 2.28. The van der Waals surface area contributed by atoms with Crippen LogP contribution in [0.25, 0.3) is 0 Å². The number of carbonyl (C=O) groups excluding carboxylic acids is 1. The topological polar surface area (TPSA) is 58.6 Å². The maximum atomic E-state index is 12.4. The summed E-state index contributed by atoms with van der Waals surface area (Å²) in [5.74, 6) is -0.673. The van der Waals surface area contributed by atoms with Gasteiger partial charge in [-0.15, -0.1) is 0 Å². The maximum Gasteiger partial charge on any atom is 0.281 e. The summed E-state index contributed by atoms with van der Waals surface area (Å²) in [5.41, 5.74) is 1.41. The van der Waals surface area contributed by atoms with Gasteiger partial charge in [-0.25, -0.2) is 9.87 Å². The van der Waals surface area contributed by atoms with Crippen molar-refractivity contribution in [1.82, 2.24) is 5.48 Å². The second-order valence-electron chi connectivity index (χ2n) is 2.28. The highest BCUT2D eigenvalue weighted by Crippen LogP contribution is 2.10. The van der Waals surface area contributed by atoms with E-state index in [-0.39, 0.29) is 12.4 Å². The summed E-state index contributed by atoms with van der Waals surface area (Å²) in [4.78, 5) is 10.5. The van der Waals surface area contributed by atoms with E-state index in [1.54, 1.807) is 0 Å². The second kappa shape index (κ2) is 4.42. The number of benzene rings is 1. The lowest BCUT2D eigenvalue weighted by Gasteiger charge is -2.03. The summed E-state index contributed by atoms with van der Waals surface area (Å²) in [6.07, 6.45) is 0. The molecule has 0 spiro atoms. The van der Waals surface area contributed by atoms with Crippen molar-refractivity contribution in [3.05, 3.63) is 30.1 Å². The Bertz CT molecular complexity index is 286. The van der Waals surface area contributed by atoms with Crippen LogP contribution in [0.3, 0.4) is 0 Å². The van der Waals surface area contributed by atoms with Crippen LogP contribution in [0, 0.1) is 5.82 Å². The van der Waals surface area contributed by atoms with E-state index in [2.05, 4.69) is 0 Å². The molecule has 4 nitrogen and oxygen atoms in total. The van der Waals surface area contributed by atoms with Crippen molar-refractivity contribution in [3.63, 3.8) is 0 Å². The average Bonchev–Trinajstić information content (AvgIpc) is 2.16. The number of ether oxygens (including phenoxy) is 1. The summed E-state index contributed by atoms with van der Waals surface area (Å²) >= 11 is 0. The Labute approximate surface area is 73.9 Å². The number of amides is 1. The molecule has 0 aromatic heterocycles. The first-order valence-corrected chi connectivity index (χ1v) is 3.53. The molecule has 0 atom stereocenters. The van der Waals surface area contributed by atoms with Gasteiger partial charge < -0.3 is 4.74 Å². The molecule has 0 aliphatic rings. The van der Waals surface area contributed by atoms with Crippen molar-refractivity contribution in [2.24, 2.45) is 0 Å². The van der Waals surface area contributed by atoms with E-state index < -0.39 is 5.91 Å². The number of rotatable bonds is 3. The Morgan fingerprint density at radius 3 is 2.62 bits per heavy atom. The van der Waals surface area contributed by atoms with Gasteiger partial charge in [0.25, 0.3) is 5.91 Å². The summed E-state index contributed by atoms with van der Waals surface area (Å²) in [7, 11) is 0. The van der Waals surface area contributed by atoms with Crippen LogP contribution < -0.4 is 10.2 Å². The Morgan fingerprint density at radius 1 is 1.46 bits per heavy atom. The van der Waals surface area contributed by atoms with E-state index in [1.165, 1.54) is 29.7 Å². The molecule has 0 saturated carbocycles. The highest BCUT2D eigenvalue weighted by atomic mass is 19.1. The number of hydrogen-bond donors (Lipinski definition) is 2. The van der Waals surface area contributed by atoms with Crippen LogP contribution in [0.1, 0.15) is 0 Å². The Morgan fingerprint density at radius 2 is 2.08 bits per heavy atom. The van der Waals surface area contributed by atoms with Crippen LogP contribution in [0.15, 0.2) is 24.3 Å². The van der Waals surface area contributed by atoms with Crippen LogP contribution in [0.4, 0.5) is 4.39 Å². The van der Waals surface area contributed by atoms with Crippen LogP contribution >= 0.6 is 0 Å². The lowest BCUT2D eigenvalue weighted by molar-refractivity contribution is -0.131. The Balaban J connectivity index is 2.46. The molecule has 0 saturated heterocycles. The molecule has 0 bridgehead atoms. The average molecular weight is 185 g/mol. The van der Waals surface area contributed by atoms with Crippen molar-refractivity contribution in [2.45, 2.75) is 0 Å². The predicted molar refractivity (Wildman–Crippen MR) is 41.8 cm³/mol. The van der Waals surface area contributed by atoms with Crippen LogP contribution in [-0.2, 0) is 4.79 Å². The monoisotopic (exact) mass is 185 g/mol. The van der Waals surface area contributed by atoms with Gasteiger partial charge in [-0.05, 0) is 24.3 Å². The van der Waals surface area contributed by atoms with E-state index >= 15 is 0 Å². The van der Waals surface area contributed by atoms with E-state index in [9.17, 15) is 9.18 Å². The van der Waals surface area contributed by atoms with Gasteiger partial charge in [-0.1, -0.05) is 0 Å². The summed E-state index contributed by atoms with van der Waals surface area (Å²) in [6.45, 7) is -0.303. The van der Waals surface area contributed by atoms with Gasteiger partial charge in [0.05, 0.1) is 0 Å². The first-order valence-electron chi connectivity index (χ1n) is 3.53. The molecule has 0 unspecified atom stereocenters. The van der Waals surface area contributed by atoms with Gasteiger partial charge in [0.1, 0.15) is 11.6 Å². The highest BCUT2D eigenvalue weighted by Gasteiger charge is 1.99. The first-order chi connectivity index (χ1) is 6.22. The van der Waals surface area contributed by atoms with Gasteiger partial charge in [-0.2, -0.15) is 0 Å². The van der Waals surface area contributed by atoms with Gasteiger partial charge in [0.2, 0.25) is 0 Å². The SMILES string of the molecule is O=C(COc1ccc(F)cc1)NO. The van der Waals surface area contributed by atoms with Crippen molar-refractivity contribution in [1.29, 1.82) is 0 Å². The molecule has 0 radical (unpaired) electrons. The van der Waals surface area contributed by atoms with Crippen molar-refractivity contribution < 1.29 is 19.1 Å². The zero-order chi connectivity index (χ0) is 9.68. The molecule has 5 heteroatoms. The lowest BCUT2D eigenvalue weighted by atomic mass is 10.3. The van der Waals surface area contributed by atoms with Crippen LogP contribution in [-0.4, -0.2) is 17.7 Å². The largest absolute Gasteiger partial charge is 0.484 e. The minimum absolute atomic E-state index is 0.303. The van der Waals surface area contributed by atoms with Crippen LogP contribution in [0.2, 0.25) is 0 Å². The summed E-state index contributed by atoms with van der Waals surface area (Å²) in [6, 6.07) is 5.21. The number of nitrogens with one attached hydrogen (secondary N) is 1. The number of halogens is 1. The molecule has 0 aliphatic heterocycles.